The van der Waals surface area contributed by atoms with Gasteiger partial charge in [0.1, 0.15) is 13.2 Å². The molecule has 1 unspecified atom stereocenters. The van der Waals surface area contributed by atoms with Gasteiger partial charge in [0.25, 0.3) is 0 Å². The van der Waals surface area contributed by atoms with Gasteiger partial charge >= 0.3 is 17.9 Å². The molecule has 318 valence electrons. The monoisotopic (exact) mass is 779 g/mol. The average Bonchev–Trinajstić information content (AvgIpc) is 3.19. The average molecular weight is 779 g/mol. The van der Waals surface area contributed by atoms with E-state index in [-0.39, 0.29) is 44.0 Å². The van der Waals surface area contributed by atoms with Gasteiger partial charge in [0, 0.05) is 19.3 Å². The van der Waals surface area contributed by atoms with Crippen LogP contribution in [0.1, 0.15) is 194 Å². The second-order valence-corrected chi connectivity index (χ2v) is 14.6. The molecule has 0 saturated heterocycles. The third-order valence-electron chi connectivity index (χ3n) is 9.13. The Kier molecular flexibility index (Phi) is 41.6. The molecule has 0 saturated carbocycles. The topological polar surface area (TPSA) is 78.9 Å². The van der Waals surface area contributed by atoms with Gasteiger partial charge in [-0.3, -0.25) is 14.4 Å². The first-order chi connectivity index (χ1) is 27.5. The summed E-state index contributed by atoms with van der Waals surface area (Å²) < 4.78 is 16.6. The lowest BCUT2D eigenvalue weighted by Gasteiger charge is -2.18. The van der Waals surface area contributed by atoms with Crippen molar-refractivity contribution in [2.75, 3.05) is 13.2 Å². The summed E-state index contributed by atoms with van der Waals surface area (Å²) in [4.78, 5) is 37.6. The molecule has 0 bridgehead atoms. The maximum absolute atomic E-state index is 12.7. The van der Waals surface area contributed by atoms with Crippen LogP contribution in [0.2, 0.25) is 0 Å². The first-order valence-corrected chi connectivity index (χ1v) is 22.6. The van der Waals surface area contributed by atoms with Gasteiger partial charge < -0.3 is 14.2 Å². The first kappa shape index (κ1) is 52.6. The molecule has 0 aliphatic carbocycles. The molecule has 0 aliphatic heterocycles. The van der Waals surface area contributed by atoms with Crippen LogP contribution in [0.3, 0.4) is 0 Å². The lowest BCUT2D eigenvalue weighted by molar-refractivity contribution is -0.167. The standard InChI is InChI=1S/C50H82O6/c1-4-7-10-13-16-19-22-23-24-25-26-27-29-31-34-37-40-43-49(52)55-46-47(45-54-48(51)42-39-36-33-30-21-18-15-12-9-6-3)56-50(53)44-41-38-35-32-28-20-17-14-11-8-5-2/h8,11,16-17,19-20,23-24,26-27,31-32,34-35,47H,4-7,9-10,12-15,18,21-22,25,28-30,33,36-46H2,1-3H3/b11-8-,19-16-,20-17-,24-23-,27-26-,34-31-,35-32-. The zero-order chi connectivity index (χ0) is 40.8. The van der Waals surface area contributed by atoms with E-state index in [1.54, 1.807) is 0 Å². The van der Waals surface area contributed by atoms with E-state index >= 15 is 0 Å². The molecule has 0 aromatic heterocycles. The number of carbonyl (C=O) groups excluding carboxylic acids is 3. The summed E-state index contributed by atoms with van der Waals surface area (Å²) in [7, 11) is 0. The summed E-state index contributed by atoms with van der Waals surface area (Å²) >= 11 is 0. The van der Waals surface area contributed by atoms with E-state index in [1.807, 2.05) is 0 Å². The Morgan fingerprint density at radius 3 is 1.16 bits per heavy atom. The normalized spacial score (nSPS) is 12.8. The van der Waals surface area contributed by atoms with Crippen LogP contribution < -0.4 is 0 Å². The Morgan fingerprint density at radius 2 is 0.714 bits per heavy atom. The highest BCUT2D eigenvalue weighted by atomic mass is 16.6. The van der Waals surface area contributed by atoms with Crippen LogP contribution in [0.4, 0.5) is 0 Å². The molecule has 0 rings (SSSR count). The largest absolute Gasteiger partial charge is 0.462 e. The lowest BCUT2D eigenvalue weighted by atomic mass is 10.1. The van der Waals surface area contributed by atoms with Crippen molar-refractivity contribution in [3.8, 4) is 0 Å². The molecule has 56 heavy (non-hydrogen) atoms. The van der Waals surface area contributed by atoms with Crippen LogP contribution in [-0.2, 0) is 28.6 Å². The van der Waals surface area contributed by atoms with Crippen molar-refractivity contribution in [1.29, 1.82) is 0 Å². The summed E-state index contributed by atoms with van der Waals surface area (Å²) in [5, 5.41) is 0. The van der Waals surface area contributed by atoms with Crippen molar-refractivity contribution in [3.05, 3.63) is 85.1 Å². The third-order valence-corrected chi connectivity index (χ3v) is 9.13. The third kappa shape index (κ3) is 41.7. The van der Waals surface area contributed by atoms with Crippen LogP contribution in [0.25, 0.3) is 0 Å². The number of hydrogen-bond donors (Lipinski definition) is 0. The van der Waals surface area contributed by atoms with Gasteiger partial charge in [-0.2, -0.15) is 0 Å². The zero-order valence-electron chi connectivity index (χ0n) is 36.1. The molecular weight excluding hydrogens is 697 g/mol. The molecular formula is C50H82O6. The molecule has 6 heteroatoms. The maximum atomic E-state index is 12.7. The molecule has 0 spiro atoms. The minimum atomic E-state index is -0.820. The lowest BCUT2D eigenvalue weighted by Crippen LogP contribution is -2.30. The van der Waals surface area contributed by atoms with Crippen molar-refractivity contribution in [3.63, 3.8) is 0 Å². The first-order valence-electron chi connectivity index (χ1n) is 22.6. The van der Waals surface area contributed by atoms with Crippen molar-refractivity contribution in [1.82, 2.24) is 0 Å². The van der Waals surface area contributed by atoms with Gasteiger partial charge in [-0.05, 0) is 83.5 Å². The number of ether oxygens (including phenoxy) is 3. The summed E-state index contributed by atoms with van der Waals surface area (Å²) in [6, 6.07) is 0. The van der Waals surface area contributed by atoms with E-state index in [9.17, 15) is 14.4 Å². The molecule has 0 amide bonds. The van der Waals surface area contributed by atoms with Crippen LogP contribution in [0, 0.1) is 0 Å². The molecule has 0 N–H and O–H groups in total. The van der Waals surface area contributed by atoms with Crippen molar-refractivity contribution in [2.45, 2.75) is 200 Å². The highest BCUT2D eigenvalue weighted by Crippen LogP contribution is 2.12. The second-order valence-electron chi connectivity index (χ2n) is 14.6. The molecule has 0 aliphatic rings. The van der Waals surface area contributed by atoms with E-state index < -0.39 is 6.10 Å². The quantitative estimate of drug-likeness (QED) is 0.0268. The van der Waals surface area contributed by atoms with Gasteiger partial charge in [0.2, 0.25) is 0 Å². The van der Waals surface area contributed by atoms with Gasteiger partial charge in [-0.25, -0.2) is 0 Å². The summed E-state index contributed by atoms with van der Waals surface area (Å²) in [5.41, 5.74) is 0. The molecule has 0 radical (unpaired) electrons. The molecule has 0 aromatic rings. The van der Waals surface area contributed by atoms with Gasteiger partial charge in [0.05, 0.1) is 0 Å². The molecule has 1 atom stereocenters. The Labute approximate surface area is 344 Å². The number of hydrogen-bond acceptors (Lipinski definition) is 6. The summed E-state index contributed by atoms with van der Waals surface area (Å²) in [6.07, 6.45) is 55.8. The number of allylic oxidation sites excluding steroid dienone is 14. The predicted octanol–water partition coefficient (Wildman–Crippen LogP) is 14.5. The van der Waals surface area contributed by atoms with Crippen molar-refractivity contribution < 1.29 is 28.6 Å². The highest BCUT2D eigenvalue weighted by Gasteiger charge is 2.19. The SMILES string of the molecule is CC/C=C\C/C=C\C/C=C\CCCC(=O)OC(COC(=O)CCC/C=C\C/C=C\C/C=C\C/C=C\CCCCC)COC(=O)CCCCCCCCCCCC. The number of esters is 3. The summed E-state index contributed by atoms with van der Waals surface area (Å²) in [6.45, 7) is 6.35. The molecule has 0 aromatic carbocycles. The van der Waals surface area contributed by atoms with Gasteiger partial charge in [-0.1, -0.05) is 176 Å². The minimum absolute atomic E-state index is 0.114. The zero-order valence-corrected chi connectivity index (χ0v) is 36.1. The Bertz CT molecular complexity index is 1120. The second kappa shape index (κ2) is 44.3. The van der Waals surface area contributed by atoms with Crippen LogP contribution in [0.15, 0.2) is 85.1 Å². The number of carbonyl (C=O) groups is 3. The van der Waals surface area contributed by atoms with E-state index in [0.717, 1.165) is 70.6 Å². The Hall–Kier alpha value is -3.41. The molecule has 6 nitrogen and oxygen atoms in total. The molecule has 0 heterocycles. The fourth-order valence-corrected chi connectivity index (χ4v) is 5.75. The van der Waals surface area contributed by atoms with Crippen molar-refractivity contribution >= 4 is 17.9 Å². The number of unbranched alkanes of at least 4 members (excludes halogenated alkanes) is 14. The van der Waals surface area contributed by atoms with Crippen LogP contribution in [-0.4, -0.2) is 37.2 Å². The number of rotatable bonds is 39. The Morgan fingerprint density at radius 1 is 0.375 bits per heavy atom. The fraction of sp³-hybridized carbons (Fsp3) is 0.660. The van der Waals surface area contributed by atoms with E-state index in [1.165, 1.54) is 70.6 Å². The van der Waals surface area contributed by atoms with Gasteiger partial charge in [0.15, 0.2) is 6.10 Å². The minimum Gasteiger partial charge on any atom is -0.462 e. The Balaban J connectivity index is 4.51. The maximum Gasteiger partial charge on any atom is 0.306 e. The van der Waals surface area contributed by atoms with Crippen LogP contribution in [0.5, 0.6) is 0 Å². The van der Waals surface area contributed by atoms with Crippen LogP contribution >= 0.6 is 0 Å². The van der Waals surface area contributed by atoms with E-state index in [0.29, 0.717) is 19.3 Å². The predicted molar refractivity (Wildman–Crippen MR) is 237 cm³/mol. The molecule has 0 fully saturated rings. The highest BCUT2D eigenvalue weighted by molar-refractivity contribution is 5.71. The van der Waals surface area contributed by atoms with E-state index in [2.05, 4.69) is 106 Å². The van der Waals surface area contributed by atoms with Crippen molar-refractivity contribution in [2.24, 2.45) is 0 Å². The summed E-state index contributed by atoms with van der Waals surface area (Å²) in [5.74, 6) is -1.04. The fourth-order valence-electron chi connectivity index (χ4n) is 5.75. The smallest absolute Gasteiger partial charge is 0.306 e. The van der Waals surface area contributed by atoms with Gasteiger partial charge in [-0.15, -0.1) is 0 Å². The van der Waals surface area contributed by atoms with E-state index in [4.69, 9.17) is 14.2 Å².